The molecule has 0 aromatic heterocycles. The summed E-state index contributed by atoms with van der Waals surface area (Å²) in [5.74, 6) is 0.256. The van der Waals surface area contributed by atoms with Crippen LogP contribution in [0.15, 0.2) is 36.4 Å². The van der Waals surface area contributed by atoms with Crippen molar-refractivity contribution in [3.8, 4) is 0 Å². The molecule has 0 amide bonds. The van der Waals surface area contributed by atoms with E-state index in [1.54, 1.807) is 0 Å². The Kier molecular flexibility index (Phi) is 2.03. The summed E-state index contributed by atoms with van der Waals surface area (Å²) in [5, 5.41) is 0. The van der Waals surface area contributed by atoms with E-state index in [1.165, 1.54) is 5.56 Å². The van der Waals surface area contributed by atoms with Gasteiger partial charge in [-0.3, -0.25) is 4.79 Å². The number of benzene rings is 1. The van der Waals surface area contributed by atoms with E-state index in [-0.39, 0.29) is 11.2 Å². The number of hydrogen-bond donors (Lipinski definition) is 0. The first-order valence-electron chi connectivity index (χ1n) is 4.94. The Balaban J connectivity index is 2.48. The minimum Gasteiger partial charge on any atom is -0.293 e. The molecule has 1 nitrogen and oxygen atoms in total. The molecule has 1 atom stereocenters. The van der Waals surface area contributed by atoms with Crippen molar-refractivity contribution in [2.24, 2.45) is 5.41 Å². The highest BCUT2D eigenvalue weighted by Gasteiger charge is 2.38. The summed E-state index contributed by atoms with van der Waals surface area (Å²) in [7, 11) is 0. The molecule has 72 valence electrons. The third-order valence-corrected chi connectivity index (χ3v) is 2.87. The Bertz CT molecular complexity index is 403. The summed E-state index contributed by atoms with van der Waals surface area (Å²) >= 11 is 0. The van der Waals surface area contributed by atoms with Crippen LogP contribution in [0.5, 0.6) is 0 Å². The molecule has 0 unspecified atom stereocenters. The molecule has 0 N–H and O–H groups in total. The molecule has 0 saturated carbocycles. The Hall–Kier alpha value is -1.37. The highest BCUT2D eigenvalue weighted by molar-refractivity contribution is 6.05. The Morgan fingerprint density at radius 1 is 1.36 bits per heavy atom. The first-order chi connectivity index (χ1) is 6.67. The summed E-state index contributed by atoms with van der Waals surface area (Å²) in [6.45, 7) is 3.97. The van der Waals surface area contributed by atoms with Crippen LogP contribution in [-0.4, -0.2) is 5.78 Å². The second-order valence-corrected chi connectivity index (χ2v) is 4.08. The lowest BCUT2D eigenvalue weighted by atomic mass is 9.86. The smallest absolute Gasteiger partial charge is 0.173 e. The van der Waals surface area contributed by atoms with Gasteiger partial charge in [0.1, 0.15) is 0 Å². The van der Waals surface area contributed by atoms with Crippen LogP contribution in [-0.2, 0) is 6.42 Å². The van der Waals surface area contributed by atoms with Crippen LogP contribution in [0.4, 0.5) is 0 Å². The van der Waals surface area contributed by atoms with Gasteiger partial charge in [-0.15, -0.1) is 0 Å². The second-order valence-electron chi connectivity index (χ2n) is 4.08. The molecule has 0 saturated heterocycles. The predicted molar refractivity (Wildman–Crippen MR) is 57.4 cm³/mol. The van der Waals surface area contributed by atoms with Gasteiger partial charge in [-0.05, 0) is 25.8 Å². The van der Waals surface area contributed by atoms with Gasteiger partial charge in [-0.2, -0.15) is 0 Å². The average molecular weight is 186 g/mol. The summed E-state index contributed by atoms with van der Waals surface area (Å²) < 4.78 is 0. The average Bonchev–Trinajstić information content (AvgIpc) is 2.41. The van der Waals surface area contributed by atoms with Crippen molar-refractivity contribution >= 4 is 5.78 Å². The maximum absolute atomic E-state index is 12.1. The lowest BCUT2D eigenvalue weighted by Gasteiger charge is -2.15. The number of carbonyl (C=O) groups excluding carboxylic acids is 1. The Morgan fingerprint density at radius 3 is 2.71 bits per heavy atom. The number of Topliss-reactive ketones (excluding diaryl/α,β-unsaturated/α-hetero) is 1. The van der Waals surface area contributed by atoms with Gasteiger partial charge >= 0.3 is 0 Å². The fraction of sp³-hybridized carbons (Fsp3) is 0.308. The van der Waals surface area contributed by atoms with Crippen molar-refractivity contribution < 1.29 is 4.79 Å². The predicted octanol–water partition coefficient (Wildman–Crippen LogP) is 3.01. The molecule has 0 bridgehead atoms. The van der Waals surface area contributed by atoms with E-state index in [4.69, 9.17) is 0 Å². The zero-order valence-electron chi connectivity index (χ0n) is 8.58. The van der Waals surface area contributed by atoms with E-state index in [9.17, 15) is 4.79 Å². The normalized spacial score (nSPS) is 25.7. The van der Waals surface area contributed by atoms with Gasteiger partial charge in [0.05, 0.1) is 5.41 Å². The van der Waals surface area contributed by atoms with Crippen molar-refractivity contribution in [2.45, 2.75) is 20.3 Å². The van der Waals surface area contributed by atoms with E-state index >= 15 is 0 Å². The minimum absolute atomic E-state index is 0.256. The van der Waals surface area contributed by atoms with Crippen molar-refractivity contribution in [1.82, 2.24) is 0 Å². The van der Waals surface area contributed by atoms with Crippen LogP contribution >= 0.6 is 0 Å². The molecular weight excluding hydrogens is 172 g/mol. The number of ketones is 1. The molecule has 1 aliphatic carbocycles. The highest BCUT2D eigenvalue weighted by atomic mass is 16.1. The van der Waals surface area contributed by atoms with E-state index < -0.39 is 0 Å². The number of allylic oxidation sites excluding steroid dienone is 2. The van der Waals surface area contributed by atoms with Crippen molar-refractivity contribution in [2.75, 3.05) is 0 Å². The third kappa shape index (κ3) is 1.20. The van der Waals surface area contributed by atoms with Gasteiger partial charge in [-0.25, -0.2) is 0 Å². The summed E-state index contributed by atoms with van der Waals surface area (Å²) in [6.07, 6.45) is 4.81. The largest absolute Gasteiger partial charge is 0.293 e. The topological polar surface area (TPSA) is 17.1 Å². The fourth-order valence-electron chi connectivity index (χ4n) is 2.18. The maximum Gasteiger partial charge on any atom is 0.173 e. The molecule has 1 aliphatic rings. The van der Waals surface area contributed by atoms with Gasteiger partial charge in [0, 0.05) is 5.56 Å². The molecule has 14 heavy (non-hydrogen) atoms. The van der Waals surface area contributed by atoms with Crippen LogP contribution in [0, 0.1) is 5.41 Å². The molecule has 0 heterocycles. The van der Waals surface area contributed by atoms with E-state index in [0.717, 1.165) is 12.0 Å². The van der Waals surface area contributed by atoms with Crippen molar-refractivity contribution in [3.63, 3.8) is 0 Å². The fourth-order valence-corrected chi connectivity index (χ4v) is 2.18. The van der Waals surface area contributed by atoms with Crippen LogP contribution < -0.4 is 0 Å². The molecule has 1 aromatic rings. The van der Waals surface area contributed by atoms with Crippen LogP contribution in [0.2, 0.25) is 0 Å². The summed E-state index contributed by atoms with van der Waals surface area (Å²) in [6, 6.07) is 7.89. The second kappa shape index (κ2) is 3.09. The van der Waals surface area contributed by atoms with Crippen LogP contribution in [0.1, 0.15) is 29.8 Å². The van der Waals surface area contributed by atoms with Crippen LogP contribution in [0.3, 0.4) is 0 Å². The lowest BCUT2D eigenvalue weighted by molar-refractivity contribution is 0.0891. The van der Waals surface area contributed by atoms with Crippen LogP contribution in [0.25, 0.3) is 0 Å². The molecule has 1 heteroatoms. The molecule has 2 rings (SSSR count). The number of fused-ring (bicyclic) bond motifs is 1. The zero-order chi connectivity index (χ0) is 10.2. The first-order valence-corrected chi connectivity index (χ1v) is 4.94. The molecule has 1 aromatic carbocycles. The van der Waals surface area contributed by atoms with Crippen molar-refractivity contribution in [3.05, 3.63) is 47.5 Å². The van der Waals surface area contributed by atoms with Gasteiger partial charge in [0.25, 0.3) is 0 Å². The van der Waals surface area contributed by atoms with Gasteiger partial charge in [0.15, 0.2) is 5.78 Å². The summed E-state index contributed by atoms with van der Waals surface area (Å²) in [5.41, 5.74) is 1.77. The molecule has 0 fully saturated rings. The van der Waals surface area contributed by atoms with Gasteiger partial charge in [-0.1, -0.05) is 36.4 Å². The highest BCUT2D eigenvalue weighted by Crippen LogP contribution is 2.37. The molecule has 0 spiro atoms. The monoisotopic (exact) mass is 186 g/mol. The Labute approximate surface area is 84.5 Å². The summed E-state index contributed by atoms with van der Waals surface area (Å²) in [4.78, 5) is 12.1. The molecule has 0 radical (unpaired) electrons. The first kappa shape index (κ1) is 9.20. The third-order valence-electron chi connectivity index (χ3n) is 2.87. The number of hydrogen-bond acceptors (Lipinski definition) is 1. The maximum atomic E-state index is 12.1. The SMILES string of the molecule is C/C=C/[C@@]1(C)Cc2ccccc2C1=O. The van der Waals surface area contributed by atoms with Gasteiger partial charge in [0.2, 0.25) is 0 Å². The standard InChI is InChI=1S/C13H14O/c1-3-8-13(2)9-10-6-4-5-7-11(10)12(13)14/h3-8H,9H2,1-2H3/b8-3+/t13-/m0/s1. The zero-order valence-corrected chi connectivity index (χ0v) is 8.58. The number of rotatable bonds is 1. The van der Waals surface area contributed by atoms with E-state index in [2.05, 4.69) is 0 Å². The van der Waals surface area contributed by atoms with Gasteiger partial charge < -0.3 is 0 Å². The van der Waals surface area contributed by atoms with Crippen molar-refractivity contribution in [1.29, 1.82) is 0 Å². The van der Waals surface area contributed by atoms with E-state index in [1.807, 2.05) is 50.3 Å². The van der Waals surface area contributed by atoms with E-state index in [0.29, 0.717) is 0 Å². The Morgan fingerprint density at radius 2 is 2.07 bits per heavy atom. The molecular formula is C13H14O. The molecule has 0 aliphatic heterocycles. The minimum atomic E-state index is -0.307. The lowest BCUT2D eigenvalue weighted by Crippen LogP contribution is -2.20. The quantitative estimate of drug-likeness (QED) is 0.616. The number of carbonyl (C=O) groups is 1.